The van der Waals surface area contributed by atoms with Crippen LogP contribution in [0.1, 0.15) is 28.9 Å². The summed E-state index contributed by atoms with van der Waals surface area (Å²) < 4.78 is 0. The summed E-state index contributed by atoms with van der Waals surface area (Å²) in [4.78, 5) is 50.0. The molecule has 32 heavy (non-hydrogen) atoms. The predicted octanol–water partition coefficient (Wildman–Crippen LogP) is -0.819. The second kappa shape index (κ2) is 9.80. The standard InChI is InChI=1S/C19H21N7O6/c20-19-25-15-14(17(30)26-19)23-11(8-22-15)7-21-10-3-1-9(2-4-10)16(29)24-12(18(31)32)5-6-13(27)28/h1-4,8,12-13,21,27-28H,5-7H2,(H,24,29)(H,31,32)(H3,20,22,25,26,30)/t12-/m0/s1. The highest BCUT2D eigenvalue weighted by Crippen LogP contribution is 2.12. The smallest absolute Gasteiger partial charge is 0.326 e. The second-order valence-corrected chi connectivity index (χ2v) is 6.84. The summed E-state index contributed by atoms with van der Waals surface area (Å²) in [6.07, 6.45) is -0.513. The van der Waals surface area contributed by atoms with Gasteiger partial charge in [-0.25, -0.2) is 14.8 Å². The Morgan fingerprint density at radius 3 is 2.50 bits per heavy atom. The minimum atomic E-state index is -1.65. The third-order valence-electron chi connectivity index (χ3n) is 4.42. The van der Waals surface area contributed by atoms with Gasteiger partial charge in [0.1, 0.15) is 6.04 Å². The number of carboxylic acids is 1. The Morgan fingerprint density at radius 2 is 1.84 bits per heavy atom. The number of aromatic amines is 1. The van der Waals surface area contributed by atoms with E-state index in [1.165, 1.54) is 18.3 Å². The lowest BCUT2D eigenvalue weighted by molar-refractivity contribution is -0.139. The zero-order valence-electron chi connectivity index (χ0n) is 16.6. The lowest BCUT2D eigenvalue weighted by Crippen LogP contribution is -2.41. The van der Waals surface area contributed by atoms with Gasteiger partial charge in [-0.3, -0.25) is 14.6 Å². The zero-order valence-corrected chi connectivity index (χ0v) is 16.6. The van der Waals surface area contributed by atoms with Crippen LogP contribution in [-0.2, 0) is 11.3 Å². The molecular formula is C19H21N7O6. The number of nitrogen functional groups attached to an aromatic ring is 1. The molecule has 0 aliphatic heterocycles. The molecule has 1 atom stereocenters. The number of hydrogen-bond acceptors (Lipinski definition) is 10. The van der Waals surface area contributed by atoms with Gasteiger partial charge in [0.2, 0.25) is 5.95 Å². The lowest BCUT2D eigenvalue weighted by atomic mass is 10.1. The van der Waals surface area contributed by atoms with Crippen LogP contribution in [0.25, 0.3) is 11.2 Å². The number of aliphatic hydroxyl groups is 2. The van der Waals surface area contributed by atoms with Crippen molar-refractivity contribution in [2.45, 2.75) is 31.7 Å². The third kappa shape index (κ3) is 5.74. The molecule has 0 radical (unpaired) electrons. The van der Waals surface area contributed by atoms with Gasteiger partial charge in [0.25, 0.3) is 11.5 Å². The number of anilines is 2. The lowest BCUT2D eigenvalue weighted by Gasteiger charge is -2.15. The highest BCUT2D eigenvalue weighted by atomic mass is 16.5. The first kappa shape index (κ1) is 22.6. The summed E-state index contributed by atoms with van der Waals surface area (Å²) in [6.45, 7) is 0.239. The van der Waals surface area contributed by atoms with E-state index in [9.17, 15) is 19.5 Å². The van der Waals surface area contributed by atoms with Crippen molar-refractivity contribution in [2.24, 2.45) is 0 Å². The van der Waals surface area contributed by atoms with Crippen molar-refractivity contribution >= 4 is 34.7 Å². The molecule has 0 bridgehead atoms. The Kier molecular flexibility index (Phi) is 6.92. The van der Waals surface area contributed by atoms with E-state index in [2.05, 4.69) is 30.6 Å². The number of nitrogens with zero attached hydrogens (tertiary/aromatic N) is 3. The number of carboxylic acid groups (broad SMARTS) is 1. The number of carbonyl (C=O) groups is 2. The molecule has 3 aromatic rings. The van der Waals surface area contributed by atoms with Crippen LogP contribution in [0.4, 0.5) is 11.6 Å². The van der Waals surface area contributed by atoms with Crippen molar-refractivity contribution in [1.82, 2.24) is 25.3 Å². The molecule has 0 spiro atoms. The molecule has 0 aliphatic carbocycles. The van der Waals surface area contributed by atoms with Crippen LogP contribution in [0, 0.1) is 0 Å². The van der Waals surface area contributed by atoms with Crippen molar-refractivity contribution in [3.8, 4) is 0 Å². The molecule has 8 N–H and O–H groups in total. The Bertz CT molecular complexity index is 1180. The first-order chi connectivity index (χ1) is 15.2. The fourth-order valence-corrected chi connectivity index (χ4v) is 2.80. The first-order valence-corrected chi connectivity index (χ1v) is 9.48. The van der Waals surface area contributed by atoms with E-state index in [0.29, 0.717) is 11.4 Å². The van der Waals surface area contributed by atoms with Gasteiger partial charge < -0.3 is 31.7 Å². The second-order valence-electron chi connectivity index (χ2n) is 6.84. The quantitative estimate of drug-likeness (QED) is 0.203. The summed E-state index contributed by atoms with van der Waals surface area (Å²) in [5.74, 6) is -1.93. The average molecular weight is 443 g/mol. The molecule has 2 aromatic heterocycles. The van der Waals surface area contributed by atoms with Gasteiger partial charge in [-0.1, -0.05) is 0 Å². The summed E-state index contributed by atoms with van der Waals surface area (Å²) in [5.41, 5.74) is 6.53. The monoisotopic (exact) mass is 443 g/mol. The van der Waals surface area contributed by atoms with Gasteiger partial charge in [0.05, 0.1) is 18.4 Å². The summed E-state index contributed by atoms with van der Waals surface area (Å²) in [7, 11) is 0. The van der Waals surface area contributed by atoms with Gasteiger partial charge in [-0.15, -0.1) is 0 Å². The molecule has 168 valence electrons. The number of amides is 1. The maximum atomic E-state index is 12.3. The van der Waals surface area contributed by atoms with Crippen molar-refractivity contribution in [3.63, 3.8) is 0 Å². The number of aromatic nitrogens is 4. The molecule has 3 rings (SSSR count). The van der Waals surface area contributed by atoms with Gasteiger partial charge in [0.15, 0.2) is 17.5 Å². The number of nitrogens with two attached hydrogens (primary N) is 1. The number of fused-ring (bicyclic) bond motifs is 1. The van der Waals surface area contributed by atoms with E-state index in [1.54, 1.807) is 12.1 Å². The highest BCUT2D eigenvalue weighted by molar-refractivity contribution is 5.96. The number of H-pyrrole nitrogens is 1. The molecule has 0 aliphatic rings. The summed E-state index contributed by atoms with van der Waals surface area (Å²) in [6, 6.07) is 4.99. The number of aliphatic carboxylic acids is 1. The van der Waals surface area contributed by atoms with E-state index in [1.807, 2.05) is 0 Å². The fraction of sp³-hybridized carbons (Fsp3) is 0.263. The molecule has 0 saturated heterocycles. The largest absolute Gasteiger partial charge is 0.480 e. The van der Waals surface area contributed by atoms with Crippen molar-refractivity contribution in [2.75, 3.05) is 11.1 Å². The molecule has 1 aromatic carbocycles. The minimum absolute atomic E-state index is 0.0486. The van der Waals surface area contributed by atoms with Gasteiger partial charge >= 0.3 is 5.97 Å². The van der Waals surface area contributed by atoms with Crippen LogP contribution in [0.2, 0.25) is 0 Å². The Hall–Kier alpha value is -4.10. The number of carbonyl (C=O) groups excluding carboxylic acids is 1. The molecular weight excluding hydrogens is 422 g/mol. The highest BCUT2D eigenvalue weighted by Gasteiger charge is 2.21. The maximum absolute atomic E-state index is 12.3. The van der Waals surface area contributed by atoms with Crippen LogP contribution in [0.3, 0.4) is 0 Å². The third-order valence-corrected chi connectivity index (χ3v) is 4.42. The number of nitrogens with one attached hydrogen (secondary N) is 3. The molecule has 13 nitrogen and oxygen atoms in total. The van der Waals surface area contributed by atoms with Crippen LogP contribution < -0.4 is 21.9 Å². The molecule has 0 saturated carbocycles. The topological polar surface area (TPSA) is 216 Å². The Morgan fingerprint density at radius 1 is 1.12 bits per heavy atom. The maximum Gasteiger partial charge on any atom is 0.326 e. The average Bonchev–Trinajstić information content (AvgIpc) is 2.75. The summed E-state index contributed by atoms with van der Waals surface area (Å²) >= 11 is 0. The first-order valence-electron chi connectivity index (χ1n) is 9.48. The van der Waals surface area contributed by atoms with E-state index in [-0.39, 0.29) is 42.1 Å². The van der Waals surface area contributed by atoms with Gasteiger partial charge in [-0.05, 0) is 30.7 Å². The minimum Gasteiger partial charge on any atom is -0.480 e. The predicted molar refractivity (Wildman–Crippen MR) is 112 cm³/mol. The van der Waals surface area contributed by atoms with Crippen LogP contribution >= 0.6 is 0 Å². The molecule has 0 fully saturated rings. The van der Waals surface area contributed by atoms with Crippen molar-refractivity contribution in [1.29, 1.82) is 0 Å². The number of rotatable bonds is 9. The summed E-state index contributed by atoms with van der Waals surface area (Å²) in [5, 5.41) is 32.4. The number of aliphatic hydroxyl groups excluding tert-OH is 1. The van der Waals surface area contributed by atoms with Gasteiger partial charge in [-0.2, -0.15) is 4.98 Å². The molecule has 1 amide bonds. The molecule has 13 heteroatoms. The van der Waals surface area contributed by atoms with Crippen LogP contribution in [0.15, 0.2) is 35.3 Å². The fourth-order valence-electron chi connectivity index (χ4n) is 2.80. The SMILES string of the molecule is Nc1nc2ncc(CNc3ccc(C(=O)N[C@@H](CCC(O)O)C(=O)O)cc3)nc2c(=O)[nH]1. The zero-order chi connectivity index (χ0) is 23.3. The van der Waals surface area contributed by atoms with E-state index >= 15 is 0 Å². The number of benzene rings is 1. The van der Waals surface area contributed by atoms with Crippen molar-refractivity contribution < 1.29 is 24.9 Å². The Labute approximate surface area is 180 Å². The van der Waals surface area contributed by atoms with Gasteiger partial charge in [0, 0.05) is 17.7 Å². The van der Waals surface area contributed by atoms with Crippen LogP contribution in [-0.4, -0.2) is 59.5 Å². The Balaban J connectivity index is 1.62. The van der Waals surface area contributed by atoms with E-state index < -0.39 is 29.8 Å². The molecule has 0 unspecified atom stereocenters. The van der Waals surface area contributed by atoms with Crippen LogP contribution in [0.5, 0.6) is 0 Å². The van der Waals surface area contributed by atoms with Crippen molar-refractivity contribution in [3.05, 3.63) is 52.1 Å². The normalized spacial score (nSPS) is 12.0. The molecule has 2 heterocycles. The van der Waals surface area contributed by atoms with E-state index in [4.69, 9.17) is 15.9 Å². The van der Waals surface area contributed by atoms with E-state index in [0.717, 1.165) is 0 Å². The number of hydrogen-bond donors (Lipinski definition) is 7.